The second kappa shape index (κ2) is 4.10. The van der Waals surface area contributed by atoms with Crippen molar-refractivity contribution in [2.24, 2.45) is 5.73 Å². The average Bonchev–Trinajstić information content (AvgIpc) is 2.25. The Morgan fingerprint density at radius 1 is 1.25 bits per heavy atom. The summed E-state index contributed by atoms with van der Waals surface area (Å²) >= 11 is 0. The zero-order chi connectivity index (χ0) is 11.6. The molecule has 3 nitrogen and oxygen atoms in total. The molecule has 1 aromatic heterocycles. The van der Waals surface area contributed by atoms with Crippen molar-refractivity contribution in [3.8, 4) is 0 Å². The first-order valence-corrected chi connectivity index (χ1v) is 5.43. The minimum absolute atomic E-state index is 0.237. The highest BCUT2D eigenvalue weighted by atomic mass is 15.0. The Morgan fingerprint density at radius 3 is 2.75 bits per heavy atom. The summed E-state index contributed by atoms with van der Waals surface area (Å²) in [5.41, 5.74) is 5.70. The first-order valence-electron chi connectivity index (χ1n) is 5.43. The highest BCUT2D eigenvalue weighted by Crippen LogP contribution is 2.20. The van der Waals surface area contributed by atoms with E-state index in [0.29, 0.717) is 6.54 Å². The molecule has 0 aliphatic heterocycles. The van der Waals surface area contributed by atoms with Gasteiger partial charge in [-0.1, -0.05) is 24.3 Å². The molecule has 0 unspecified atom stereocenters. The van der Waals surface area contributed by atoms with Crippen LogP contribution in [-0.2, 0) is 0 Å². The van der Waals surface area contributed by atoms with Crippen molar-refractivity contribution in [3.63, 3.8) is 0 Å². The minimum atomic E-state index is -0.237. The monoisotopic (exact) mass is 215 g/mol. The fourth-order valence-corrected chi connectivity index (χ4v) is 1.57. The molecular weight excluding hydrogens is 198 g/mol. The molecule has 84 valence electrons. The van der Waals surface area contributed by atoms with Crippen LogP contribution in [0.4, 0.5) is 5.82 Å². The third-order valence-electron chi connectivity index (χ3n) is 2.39. The van der Waals surface area contributed by atoms with Crippen molar-refractivity contribution >= 4 is 16.6 Å². The average molecular weight is 215 g/mol. The smallest absolute Gasteiger partial charge is 0.133 e. The van der Waals surface area contributed by atoms with Gasteiger partial charge in [-0.25, -0.2) is 4.98 Å². The highest BCUT2D eigenvalue weighted by Gasteiger charge is 2.11. The second-order valence-electron chi connectivity index (χ2n) is 4.72. The van der Waals surface area contributed by atoms with E-state index >= 15 is 0 Å². The van der Waals surface area contributed by atoms with E-state index in [4.69, 9.17) is 5.73 Å². The van der Waals surface area contributed by atoms with Crippen molar-refractivity contribution in [2.45, 2.75) is 19.4 Å². The summed E-state index contributed by atoms with van der Waals surface area (Å²) < 4.78 is 0. The molecule has 0 fully saturated rings. The summed E-state index contributed by atoms with van der Waals surface area (Å²) in [5, 5.41) is 5.61. The zero-order valence-corrected chi connectivity index (χ0v) is 9.70. The van der Waals surface area contributed by atoms with Crippen LogP contribution in [0, 0.1) is 0 Å². The third kappa shape index (κ3) is 2.49. The molecule has 0 saturated carbocycles. The van der Waals surface area contributed by atoms with E-state index in [9.17, 15) is 0 Å². The molecule has 1 heterocycles. The van der Waals surface area contributed by atoms with Gasteiger partial charge in [-0.3, -0.25) is 0 Å². The van der Waals surface area contributed by atoms with Gasteiger partial charge in [0.25, 0.3) is 0 Å². The van der Waals surface area contributed by atoms with E-state index in [0.717, 1.165) is 11.2 Å². The molecule has 0 amide bonds. The number of aromatic nitrogens is 1. The SMILES string of the molecule is CC(C)(N)CNc1nccc2ccccc12. The summed E-state index contributed by atoms with van der Waals surface area (Å²) in [7, 11) is 0. The fraction of sp³-hybridized carbons (Fsp3) is 0.308. The Balaban J connectivity index is 2.30. The van der Waals surface area contributed by atoms with E-state index in [-0.39, 0.29) is 5.54 Å². The first-order chi connectivity index (χ1) is 7.56. The third-order valence-corrected chi connectivity index (χ3v) is 2.39. The molecule has 0 aliphatic rings. The van der Waals surface area contributed by atoms with Gasteiger partial charge >= 0.3 is 0 Å². The van der Waals surface area contributed by atoms with Crippen molar-refractivity contribution in [2.75, 3.05) is 11.9 Å². The number of hydrogen-bond donors (Lipinski definition) is 2. The summed E-state index contributed by atoms with van der Waals surface area (Å²) in [6.45, 7) is 4.68. The van der Waals surface area contributed by atoms with Gasteiger partial charge in [-0.2, -0.15) is 0 Å². The number of benzene rings is 1. The van der Waals surface area contributed by atoms with Gasteiger partial charge in [0.05, 0.1) is 0 Å². The Bertz CT molecular complexity index is 480. The van der Waals surface area contributed by atoms with Crippen LogP contribution in [0.5, 0.6) is 0 Å². The second-order valence-corrected chi connectivity index (χ2v) is 4.72. The predicted octanol–water partition coefficient (Wildman–Crippen LogP) is 2.38. The molecule has 2 rings (SSSR count). The van der Waals surface area contributed by atoms with Gasteiger partial charge in [0.2, 0.25) is 0 Å². The van der Waals surface area contributed by atoms with Gasteiger partial charge in [-0.05, 0) is 25.3 Å². The molecule has 0 saturated heterocycles. The van der Waals surface area contributed by atoms with Crippen LogP contribution in [0.2, 0.25) is 0 Å². The van der Waals surface area contributed by atoms with E-state index in [1.165, 1.54) is 5.39 Å². The summed E-state index contributed by atoms with van der Waals surface area (Å²) in [6, 6.07) is 10.2. The normalized spacial score (nSPS) is 11.7. The van der Waals surface area contributed by atoms with Crippen LogP contribution in [0.3, 0.4) is 0 Å². The zero-order valence-electron chi connectivity index (χ0n) is 9.70. The molecule has 0 bridgehead atoms. The lowest BCUT2D eigenvalue weighted by molar-refractivity contribution is 0.549. The molecule has 3 heteroatoms. The molecule has 0 radical (unpaired) electrons. The van der Waals surface area contributed by atoms with Gasteiger partial charge in [0.1, 0.15) is 5.82 Å². The van der Waals surface area contributed by atoms with Crippen LogP contribution in [0.15, 0.2) is 36.5 Å². The van der Waals surface area contributed by atoms with Gasteiger partial charge in [0, 0.05) is 23.7 Å². The Kier molecular flexibility index (Phi) is 2.79. The van der Waals surface area contributed by atoms with Crippen molar-refractivity contribution in [1.29, 1.82) is 0 Å². The molecular formula is C13H17N3. The van der Waals surface area contributed by atoms with E-state index in [2.05, 4.69) is 22.4 Å². The summed E-state index contributed by atoms with van der Waals surface area (Å²) in [4.78, 5) is 4.34. The maximum absolute atomic E-state index is 5.94. The fourth-order valence-electron chi connectivity index (χ4n) is 1.57. The molecule has 0 atom stereocenters. The van der Waals surface area contributed by atoms with Gasteiger partial charge in [0.15, 0.2) is 0 Å². The summed E-state index contributed by atoms with van der Waals surface area (Å²) in [5.74, 6) is 0.900. The van der Waals surface area contributed by atoms with Crippen LogP contribution < -0.4 is 11.1 Å². The molecule has 0 aliphatic carbocycles. The standard InChI is InChI=1S/C13H17N3/c1-13(2,14)9-16-12-11-6-4-3-5-10(11)7-8-15-12/h3-8H,9,14H2,1-2H3,(H,15,16). The number of nitrogens with two attached hydrogens (primary N) is 1. The number of hydrogen-bond acceptors (Lipinski definition) is 3. The largest absolute Gasteiger partial charge is 0.368 e. The predicted molar refractivity (Wildman–Crippen MR) is 68.5 cm³/mol. The van der Waals surface area contributed by atoms with E-state index < -0.39 is 0 Å². The van der Waals surface area contributed by atoms with Gasteiger partial charge in [-0.15, -0.1) is 0 Å². The van der Waals surface area contributed by atoms with E-state index in [1.54, 1.807) is 0 Å². The molecule has 0 spiro atoms. The molecule has 1 aromatic carbocycles. The first kappa shape index (κ1) is 10.9. The topological polar surface area (TPSA) is 50.9 Å². The van der Waals surface area contributed by atoms with Crippen molar-refractivity contribution in [3.05, 3.63) is 36.5 Å². The highest BCUT2D eigenvalue weighted by molar-refractivity contribution is 5.91. The van der Waals surface area contributed by atoms with Crippen molar-refractivity contribution in [1.82, 2.24) is 4.98 Å². The Morgan fingerprint density at radius 2 is 2.00 bits per heavy atom. The van der Waals surface area contributed by atoms with Crippen LogP contribution in [0.25, 0.3) is 10.8 Å². The maximum atomic E-state index is 5.94. The summed E-state index contributed by atoms with van der Waals surface area (Å²) in [6.07, 6.45) is 1.81. The van der Waals surface area contributed by atoms with Crippen molar-refractivity contribution < 1.29 is 0 Å². The van der Waals surface area contributed by atoms with Crippen LogP contribution >= 0.6 is 0 Å². The molecule has 2 aromatic rings. The lowest BCUT2D eigenvalue weighted by atomic mass is 10.1. The molecule has 3 N–H and O–H groups in total. The number of rotatable bonds is 3. The molecule has 16 heavy (non-hydrogen) atoms. The minimum Gasteiger partial charge on any atom is -0.368 e. The number of fused-ring (bicyclic) bond motifs is 1. The Hall–Kier alpha value is -1.61. The van der Waals surface area contributed by atoms with Gasteiger partial charge < -0.3 is 11.1 Å². The number of nitrogens with one attached hydrogen (secondary N) is 1. The maximum Gasteiger partial charge on any atom is 0.133 e. The van der Waals surface area contributed by atoms with Crippen LogP contribution in [0.1, 0.15) is 13.8 Å². The number of pyridine rings is 1. The van der Waals surface area contributed by atoms with Crippen LogP contribution in [-0.4, -0.2) is 17.1 Å². The lowest BCUT2D eigenvalue weighted by Gasteiger charge is -2.19. The number of anilines is 1. The Labute approximate surface area is 95.7 Å². The van der Waals surface area contributed by atoms with E-state index in [1.807, 2.05) is 38.2 Å². The lowest BCUT2D eigenvalue weighted by Crippen LogP contribution is -2.39. The quantitative estimate of drug-likeness (QED) is 0.826. The number of nitrogens with zero attached hydrogens (tertiary/aromatic N) is 1.